The van der Waals surface area contributed by atoms with E-state index >= 15 is 0 Å². The summed E-state index contributed by atoms with van der Waals surface area (Å²) in [7, 11) is 0. The SMILES string of the molecule is CC(=O)N(O)CCCC1NC(=O)CNC(=O)C(CO)NC(=O)C(CO)NC(=O)C(CCCN(O)C(C)=O)NC(=O)C(CCCN(O)C(=O)C=C(C)CCO)NC1=O. The van der Waals surface area contributed by atoms with E-state index in [-0.39, 0.29) is 71.2 Å². The van der Waals surface area contributed by atoms with Gasteiger partial charge in [0.05, 0.1) is 19.8 Å². The number of hydrogen-bond donors (Lipinski definition) is 12. The first-order valence-corrected chi connectivity index (χ1v) is 18.1. The highest BCUT2D eigenvalue weighted by molar-refractivity contribution is 5.97. The number of hydroxylamine groups is 6. The van der Waals surface area contributed by atoms with E-state index in [1.807, 2.05) is 0 Å². The number of amides is 9. The lowest BCUT2D eigenvalue weighted by Gasteiger charge is -2.28. The van der Waals surface area contributed by atoms with E-state index in [0.29, 0.717) is 20.8 Å². The van der Waals surface area contributed by atoms with Gasteiger partial charge in [-0.05, 0) is 51.9 Å². The van der Waals surface area contributed by atoms with Gasteiger partial charge in [0.25, 0.3) is 5.91 Å². The van der Waals surface area contributed by atoms with Crippen molar-refractivity contribution >= 4 is 53.2 Å². The third-order valence-electron chi connectivity index (χ3n) is 8.42. The van der Waals surface area contributed by atoms with E-state index in [1.165, 1.54) is 0 Å². The van der Waals surface area contributed by atoms with Crippen LogP contribution in [0, 0.1) is 0 Å². The fraction of sp³-hybridized carbons (Fsp3) is 0.667. The monoisotopic (exact) mass is 817 g/mol. The van der Waals surface area contributed by atoms with Crippen LogP contribution in [0.5, 0.6) is 0 Å². The molecule has 0 aromatic heterocycles. The molecule has 0 aromatic rings. The second kappa shape index (κ2) is 25.8. The van der Waals surface area contributed by atoms with Crippen molar-refractivity contribution in [2.45, 2.75) is 95.9 Å². The van der Waals surface area contributed by atoms with Crippen molar-refractivity contribution in [3.8, 4) is 0 Å². The minimum Gasteiger partial charge on any atom is -0.396 e. The fourth-order valence-electron chi connectivity index (χ4n) is 5.11. The molecule has 0 aliphatic carbocycles. The van der Waals surface area contributed by atoms with Crippen LogP contribution in [0.3, 0.4) is 0 Å². The maximum absolute atomic E-state index is 13.9. The molecular formula is C33H55N9O15. The Morgan fingerprint density at radius 2 is 0.947 bits per heavy atom. The maximum atomic E-state index is 13.9. The average molecular weight is 818 g/mol. The van der Waals surface area contributed by atoms with Crippen LogP contribution in [0.2, 0.25) is 0 Å². The molecule has 0 spiro atoms. The van der Waals surface area contributed by atoms with Crippen molar-refractivity contribution in [1.29, 1.82) is 0 Å². The molecule has 0 radical (unpaired) electrons. The number of hydrogen-bond acceptors (Lipinski definition) is 15. The highest BCUT2D eigenvalue weighted by Crippen LogP contribution is 2.09. The zero-order chi connectivity index (χ0) is 43.2. The Morgan fingerprint density at radius 3 is 1.35 bits per heavy atom. The zero-order valence-corrected chi connectivity index (χ0v) is 32.1. The van der Waals surface area contributed by atoms with Crippen molar-refractivity contribution in [3.05, 3.63) is 11.6 Å². The van der Waals surface area contributed by atoms with Gasteiger partial charge in [-0.2, -0.15) is 0 Å². The summed E-state index contributed by atoms with van der Waals surface area (Å²) in [6.45, 7) is -0.311. The van der Waals surface area contributed by atoms with Gasteiger partial charge < -0.3 is 47.2 Å². The highest BCUT2D eigenvalue weighted by Gasteiger charge is 2.33. The molecule has 1 saturated heterocycles. The van der Waals surface area contributed by atoms with Gasteiger partial charge in [0, 0.05) is 46.2 Å². The van der Waals surface area contributed by atoms with E-state index in [0.717, 1.165) is 19.9 Å². The number of rotatable bonds is 17. The standard InChI is InChI=1S/C33H55N9O15/c1-19(10-14-43)15-28(49)42(57)13-6-9-23-31(52)37-24(8-5-12-41(56)21(3)47)32(53)39-26(18-45)33(54)38-25(17-44)29(50)34-16-27(48)35-22(30(51)36-23)7-4-11-40(55)20(2)46/h15,22-26,43-45,55-57H,4-14,16-18H2,1-3H3,(H,34,50)(H,35,48)(H,36,51)(H,37,52)(H,38,54)(H,39,53). The normalized spacial score (nSPS) is 21.7. The molecule has 12 N–H and O–H groups in total. The van der Waals surface area contributed by atoms with Crippen LogP contribution in [0.15, 0.2) is 11.6 Å². The van der Waals surface area contributed by atoms with E-state index in [1.54, 1.807) is 6.92 Å². The van der Waals surface area contributed by atoms with Crippen LogP contribution in [-0.4, -0.2) is 176 Å². The number of carbonyl (C=O) groups excluding carboxylic acids is 9. The van der Waals surface area contributed by atoms with Crippen molar-refractivity contribution in [2.75, 3.05) is 46.0 Å². The first kappa shape index (κ1) is 49.7. The van der Waals surface area contributed by atoms with Crippen LogP contribution < -0.4 is 31.9 Å². The first-order valence-electron chi connectivity index (χ1n) is 18.1. The molecule has 9 amide bonds. The summed E-state index contributed by atoms with van der Waals surface area (Å²) in [5.41, 5.74) is 0.461. The van der Waals surface area contributed by atoms with Gasteiger partial charge in [-0.3, -0.25) is 58.8 Å². The smallest absolute Gasteiger partial charge is 0.269 e. The molecule has 0 bridgehead atoms. The Kier molecular flexibility index (Phi) is 22.5. The Morgan fingerprint density at radius 1 is 0.579 bits per heavy atom. The van der Waals surface area contributed by atoms with Crippen molar-refractivity contribution in [2.24, 2.45) is 0 Å². The lowest BCUT2D eigenvalue weighted by atomic mass is 10.0. The lowest BCUT2D eigenvalue weighted by Crippen LogP contribution is -2.61. The summed E-state index contributed by atoms with van der Waals surface area (Å²) < 4.78 is 0. The van der Waals surface area contributed by atoms with Gasteiger partial charge in [0.2, 0.25) is 47.3 Å². The van der Waals surface area contributed by atoms with E-state index in [9.17, 15) is 69.0 Å². The molecule has 1 aliphatic heterocycles. The average Bonchev–Trinajstić information content (AvgIpc) is 3.15. The largest absolute Gasteiger partial charge is 0.396 e. The van der Waals surface area contributed by atoms with Crippen molar-refractivity contribution in [1.82, 2.24) is 47.1 Å². The van der Waals surface area contributed by atoms with Gasteiger partial charge in [-0.25, -0.2) is 15.2 Å². The van der Waals surface area contributed by atoms with Crippen molar-refractivity contribution in [3.63, 3.8) is 0 Å². The summed E-state index contributed by atoms with van der Waals surface area (Å²) in [4.78, 5) is 115. The number of carbonyl (C=O) groups is 9. The third-order valence-corrected chi connectivity index (χ3v) is 8.42. The molecular weight excluding hydrogens is 762 g/mol. The number of aliphatic hydroxyl groups is 3. The van der Waals surface area contributed by atoms with E-state index in [2.05, 4.69) is 31.9 Å². The minimum absolute atomic E-state index is 0.0719. The lowest BCUT2D eigenvalue weighted by molar-refractivity contribution is -0.163. The van der Waals surface area contributed by atoms with Crippen LogP contribution in [0.1, 0.15) is 65.7 Å². The van der Waals surface area contributed by atoms with Gasteiger partial charge >= 0.3 is 0 Å². The molecule has 322 valence electrons. The van der Waals surface area contributed by atoms with E-state index < -0.39 is 103 Å². The summed E-state index contributed by atoms with van der Waals surface area (Å²) in [5.74, 6) is -8.53. The predicted molar refractivity (Wildman–Crippen MR) is 192 cm³/mol. The molecule has 57 heavy (non-hydrogen) atoms. The molecule has 24 heteroatoms. The molecule has 0 aromatic carbocycles. The second-order valence-electron chi connectivity index (χ2n) is 13.1. The topological polar surface area (TPSA) is 357 Å². The number of nitrogens with one attached hydrogen (secondary N) is 6. The number of aliphatic hydroxyl groups excluding tert-OH is 3. The summed E-state index contributed by atoms with van der Waals surface area (Å²) in [6, 6.07) is -8.02. The van der Waals surface area contributed by atoms with Crippen LogP contribution in [-0.2, 0) is 43.2 Å². The molecule has 1 rings (SSSR count). The Labute approximate surface area is 327 Å². The quantitative estimate of drug-likeness (QED) is 0.0371. The Balaban J connectivity index is 3.60. The van der Waals surface area contributed by atoms with Crippen LogP contribution in [0.4, 0.5) is 0 Å². The Hall–Kier alpha value is -5.27. The molecule has 5 atom stereocenters. The highest BCUT2D eigenvalue weighted by atomic mass is 16.5. The molecule has 24 nitrogen and oxygen atoms in total. The summed E-state index contributed by atoms with van der Waals surface area (Å²) >= 11 is 0. The Bertz CT molecular complexity index is 1460. The summed E-state index contributed by atoms with van der Waals surface area (Å²) in [6.07, 6.45) is 0.0719. The van der Waals surface area contributed by atoms with Gasteiger partial charge in [-0.1, -0.05) is 5.57 Å². The van der Waals surface area contributed by atoms with Crippen molar-refractivity contribution < 1.29 is 74.1 Å². The van der Waals surface area contributed by atoms with Gasteiger partial charge in [0.1, 0.15) is 30.2 Å². The van der Waals surface area contributed by atoms with Gasteiger partial charge in [-0.15, -0.1) is 0 Å². The minimum atomic E-state index is -1.75. The maximum Gasteiger partial charge on any atom is 0.269 e. The van der Waals surface area contributed by atoms with Crippen LogP contribution >= 0.6 is 0 Å². The second-order valence-corrected chi connectivity index (χ2v) is 13.1. The third kappa shape index (κ3) is 18.5. The molecule has 1 heterocycles. The van der Waals surface area contributed by atoms with Gasteiger partial charge in [0.15, 0.2) is 0 Å². The first-order chi connectivity index (χ1) is 26.8. The molecule has 5 unspecified atom stereocenters. The predicted octanol–water partition coefficient (Wildman–Crippen LogP) is -5.11. The molecule has 1 aliphatic rings. The fourth-order valence-corrected chi connectivity index (χ4v) is 5.11. The van der Waals surface area contributed by atoms with E-state index in [4.69, 9.17) is 5.11 Å². The zero-order valence-electron chi connectivity index (χ0n) is 32.1. The summed E-state index contributed by atoms with van der Waals surface area (Å²) in [5, 5.41) is 73.5. The van der Waals surface area contributed by atoms with Crippen LogP contribution in [0.25, 0.3) is 0 Å². The molecule has 1 fully saturated rings. The molecule has 0 saturated carbocycles. The number of nitrogens with zero attached hydrogens (tertiary/aromatic N) is 3.